The van der Waals surface area contributed by atoms with E-state index in [0.29, 0.717) is 11.8 Å². The van der Waals surface area contributed by atoms with Crippen LogP contribution in [0, 0.1) is 12.8 Å². The van der Waals surface area contributed by atoms with Gasteiger partial charge in [-0.2, -0.15) is 0 Å². The summed E-state index contributed by atoms with van der Waals surface area (Å²) in [5.74, 6) is 2.89. The van der Waals surface area contributed by atoms with Crippen LogP contribution in [-0.4, -0.2) is 30.2 Å². The van der Waals surface area contributed by atoms with Gasteiger partial charge in [0.15, 0.2) is 5.96 Å². The van der Waals surface area contributed by atoms with Crippen molar-refractivity contribution < 1.29 is 9.52 Å². The third kappa shape index (κ3) is 5.99. The van der Waals surface area contributed by atoms with Gasteiger partial charge in [0, 0.05) is 12.6 Å². The summed E-state index contributed by atoms with van der Waals surface area (Å²) >= 11 is 0. The normalized spacial score (nSPS) is 22.9. The molecule has 1 aliphatic carbocycles. The lowest BCUT2D eigenvalue weighted by Gasteiger charge is -2.19. The first-order valence-electron chi connectivity index (χ1n) is 8.30. The van der Waals surface area contributed by atoms with E-state index in [1.807, 2.05) is 26.0 Å². The molecule has 1 heterocycles. The first-order chi connectivity index (χ1) is 10.5. The van der Waals surface area contributed by atoms with E-state index in [2.05, 4.69) is 22.5 Å². The Morgan fingerprint density at radius 1 is 1.43 bits per heavy atom. The van der Waals surface area contributed by atoms with Crippen LogP contribution in [0.25, 0.3) is 0 Å². The number of aliphatic imine (C=N–C) groups is 1. The zero-order chi connectivity index (χ0) is 16.2. The van der Waals surface area contributed by atoms with E-state index in [-0.39, 0.29) is 30.5 Å². The molecule has 6 heteroatoms. The Hall–Kier alpha value is -0.760. The first kappa shape index (κ1) is 20.3. The number of nitrogens with zero attached hydrogens (tertiary/aromatic N) is 1. The maximum absolute atomic E-state index is 10.5. The molecule has 0 saturated heterocycles. The van der Waals surface area contributed by atoms with Crippen LogP contribution in [0.4, 0.5) is 0 Å². The van der Waals surface area contributed by atoms with Crippen molar-refractivity contribution >= 4 is 29.9 Å². The molecule has 0 radical (unpaired) electrons. The zero-order valence-corrected chi connectivity index (χ0v) is 16.9. The highest BCUT2D eigenvalue weighted by Gasteiger charge is 2.36. The minimum atomic E-state index is -1.09. The highest BCUT2D eigenvalue weighted by molar-refractivity contribution is 14.0. The number of hydrogen-bond acceptors (Lipinski definition) is 3. The standard InChI is InChI=1S/C17H29N3O2.HI/c1-5-7-13-10-14(13)20-16(18-6-2)19-11-17(4,21)15-9-8-12(3)22-15;/h8-9,13-14,21H,5-7,10-11H2,1-4H3,(H2,18,19,20);1H. The van der Waals surface area contributed by atoms with Crippen LogP contribution in [0.3, 0.4) is 0 Å². The molecule has 132 valence electrons. The molecule has 23 heavy (non-hydrogen) atoms. The average Bonchev–Trinajstić information content (AvgIpc) is 3.02. The number of halogens is 1. The van der Waals surface area contributed by atoms with Gasteiger partial charge < -0.3 is 20.2 Å². The third-order valence-corrected chi connectivity index (χ3v) is 4.06. The maximum Gasteiger partial charge on any atom is 0.191 e. The monoisotopic (exact) mass is 435 g/mol. The number of nitrogens with one attached hydrogen (secondary N) is 2. The van der Waals surface area contributed by atoms with Gasteiger partial charge in [-0.3, -0.25) is 0 Å². The predicted molar refractivity (Wildman–Crippen MR) is 104 cm³/mol. The highest BCUT2D eigenvalue weighted by Crippen LogP contribution is 2.34. The van der Waals surface area contributed by atoms with Crippen molar-refractivity contribution in [3.63, 3.8) is 0 Å². The van der Waals surface area contributed by atoms with Crippen molar-refractivity contribution in [2.75, 3.05) is 13.1 Å². The minimum absolute atomic E-state index is 0. The van der Waals surface area contributed by atoms with Gasteiger partial charge in [-0.05, 0) is 51.7 Å². The van der Waals surface area contributed by atoms with Crippen molar-refractivity contribution in [3.05, 3.63) is 23.7 Å². The molecule has 3 N–H and O–H groups in total. The molecular formula is C17H30IN3O2. The number of furan rings is 1. The first-order valence-corrected chi connectivity index (χ1v) is 8.30. The van der Waals surface area contributed by atoms with Crippen molar-refractivity contribution in [2.24, 2.45) is 10.9 Å². The van der Waals surface area contributed by atoms with Gasteiger partial charge in [0.1, 0.15) is 17.1 Å². The number of aryl methyl sites for hydroxylation is 1. The number of rotatable bonds is 7. The van der Waals surface area contributed by atoms with Gasteiger partial charge in [-0.15, -0.1) is 24.0 Å². The highest BCUT2D eigenvalue weighted by atomic mass is 127. The molecule has 1 fully saturated rings. The summed E-state index contributed by atoms with van der Waals surface area (Å²) in [5, 5.41) is 17.2. The van der Waals surface area contributed by atoms with Gasteiger partial charge in [0.2, 0.25) is 0 Å². The lowest BCUT2D eigenvalue weighted by molar-refractivity contribution is 0.0428. The lowest BCUT2D eigenvalue weighted by atomic mass is 10.0. The lowest BCUT2D eigenvalue weighted by Crippen LogP contribution is -2.40. The van der Waals surface area contributed by atoms with E-state index in [9.17, 15) is 5.11 Å². The minimum Gasteiger partial charge on any atom is -0.463 e. The van der Waals surface area contributed by atoms with E-state index in [0.717, 1.165) is 24.2 Å². The quantitative estimate of drug-likeness (QED) is 0.350. The number of aliphatic hydroxyl groups is 1. The van der Waals surface area contributed by atoms with Crippen LogP contribution < -0.4 is 10.6 Å². The number of hydrogen-bond donors (Lipinski definition) is 3. The third-order valence-electron chi connectivity index (χ3n) is 4.06. The van der Waals surface area contributed by atoms with Crippen LogP contribution in [-0.2, 0) is 5.60 Å². The summed E-state index contributed by atoms with van der Waals surface area (Å²) in [6.45, 7) is 8.93. The summed E-state index contributed by atoms with van der Waals surface area (Å²) in [5.41, 5.74) is -1.09. The molecule has 0 aliphatic heterocycles. The van der Waals surface area contributed by atoms with Crippen LogP contribution in [0.1, 0.15) is 51.6 Å². The summed E-state index contributed by atoms with van der Waals surface area (Å²) in [6.07, 6.45) is 3.70. The van der Waals surface area contributed by atoms with Crippen LogP contribution in [0.15, 0.2) is 21.5 Å². The predicted octanol–water partition coefficient (Wildman–Crippen LogP) is 3.16. The van der Waals surface area contributed by atoms with Crippen molar-refractivity contribution in [2.45, 2.75) is 58.6 Å². The van der Waals surface area contributed by atoms with E-state index >= 15 is 0 Å². The summed E-state index contributed by atoms with van der Waals surface area (Å²) < 4.78 is 5.52. The van der Waals surface area contributed by atoms with Gasteiger partial charge in [0.05, 0.1) is 6.54 Å². The van der Waals surface area contributed by atoms with E-state index in [1.54, 1.807) is 6.92 Å². The fourth-order valence-corrected chi connectivity index (χ4v) is 2.64. The average molecular weight is 435 g/mol. The van der Waals surface area contributed by atoms with Gasteiger partial charge in [-0.25, -0.2) is 4.99 Å². The molecule has 3 atom stereocenters. The molecule has 0 bridgehead atoms. The largest absolute Gasteiger partial charge is 0.463 e. The Morgan fingerprint density at radius 3 is 2.74 bits per heavy atom. The SMILES string of the molecule is CCCC1CC1NC(=NCC(C)(O)c1ccc(C)o1)NCC.I. The Kier molecular flexibility index (Phi) is 7.86. The molecular weight excluding hydrogens is 405 g/mol. The second kappa shape index (κ2) is 8.92. The fourth-order valence-electron chi connectivity index (χ4n) is 2.64. The van der Waals surface area contributed by atoms with Gasteiger partial charge in [-0.1, -0.05) is 13.3 Å². The Labute approximate surface area is 156 Å². The molecule has 1 saturated carbocycles. The number of guanidine groups is 1. The summed E-state index contributed by atoms with van der Waals surface area (Å²) in [7, 11) is 0. The van der Waals surface area contributed by atoms with Crippen molar-refractivity contribution in [1.29, 1.82) is 0 Å². The molecule has 1 aromatic rings. The topological polar surface area (TPSA) is 69.8 Å². The fraction of sp³-hybridized carbons (Fsp3) is 0.706. The van der Waals surface area contributed by atoms with Crippen LogP contribution >= 0.6 is 24.0 Å². The molecule has 0 aromatic carbocycles. The van der Waals surface area contributed by atoms with Gasteiger partial charge in [0.25, 0.3) is 0 Å². The molecule has 1 aromatic heterocycles. The summed E-state index contributed by atoms with van der Waals surface area (Å²) in [6, 6.07) is 4.19. The van der Waals surface area contributed by atoms with Crippen molar-refractivity contribution in [1.82, 2.24) is 10.6 Å². The second-order valence-corrected chi connectivity index (χ2v) is 6.41. The zero-order valence-electron chi connectivity index (χ0n) is 14.6. The van der Waals surface area contributed by atoms with Crippen molar-refractivity contribution in [3.8, 4) is 0 Å². The molecule has 2 rings (SSSR count). The Balaban J connectivity index is 0.00000264. The maximum atomic E-state index is 10.5. The second-order valence-electron chi connectivity index (χ2n) is 6.41. The van der Waals surface area contributed by atoms with Gasteiger partial charge >= 0.3 is 0 Å². The van der Waals surface area contributed by atoms with Crippen LogP contribution in [0.5, 0.6) is 0 Å². The molecule has 5 nitrogen and oxygen atoms in total. The smallest absolute Gasteiger partial charge is 0.191 e. The molecule has 1 aliphatic rings. The van der Waals surface area contributed by atoms with Crippen LogP contribution in [0.2, 0.25) is 0 Å². The van der Waals surface area contributed by atoms with E-state index < -0.39 is 5.60 Å². The molecule has 0 amide bonds. The molecule has 0 spiro atoms. The Bertz CT molecular complexity index is 514. The summed E-state index contributed by atoms with van der Waals surface area (Å²) in [4.78, 5) is 4.53. The van der Waals surface area contributed by atoms with E-state index in [4.69, 9.17) is 4.42 Å². The Morgan fingerprint density at radius 2 is 2.17 bits per heavy atom. The van der Waals surface area contributed by atoms with E-state index in [1.165, 1.54) is 19.3 Å². The molecule has 3 unspecified atom stereocenters.